The van der Waals surface area contributed by atoms with Crippen LogP contribution in [0.1, 0.15) is 22.3 Å². The second kappa shape index (κ2) is 4.93. The van der Waals surface area contributed by atoms with E-state index in [2.05, 4.69) is 5.32 Å². The Labute approximate surface area is 134 Å². The summed E-state index contributed by atoms with van der Waals surface area (Å²) in [5, 5.41) is 3.27. The van der Waals surface area contributed by atoms with E-state index in [1.807, 2.05) is 49.5 Å². The highest BCUT2D eigenvalue weighted by molar-refractivity contribution is 5.74. The first-order valence-corrected chi connectivity index (χ1v) is 7.62. The molecule has 5 heteroatoms. The lowest BCUT2D eigenvalue weighted by Gasteiger charge is -2.36. The van der Waals surface area contributed by atoms with Crippen LogP contribution in [-0.4, -0.2) is 13.2 Å². The average molecular weight is 309 g/mol. The van der Waals surface area contributed by atoms with Gasteiger partial charge in [0.15, 0.2) is 11.5 Å². The molecule has 4 rings (SSSR count). The number of ether oxygens (including phenoxy) is 2. The molecule has 0 fully saturated rings. The number of nitrogens with two attached hydrogens (primary N) is 2. The Kier molecular flexibility index (Phi) is 2.99. The number of nitrogens with one attached hydrogen (secondary N) is 1. The SMILES string of the molecule is Cc1ccc2c(c1N)C=CNC2(N)c1ccc2c(c1)OCCO2. The van der Waals surface area contributed by atoms with E-state index in [1.54, 1.807) is 0 Å². The fourth-order valence-corrected chi connectivity index (χ4v) is 3.13. The minimum absolute atomic E-state index is 0.546. The third-order valence-electron chi connectivity index (χ3n) is 4.49. The molecule has 2 aliphatic heterocycles. The lowest BCUT2D eigenvalue weighted by Crippen LogP contribution is -2.50. The van der Waals surface area contributed by atoms with Gasteiger partial charge in [-0.05, 0) is 36.9 Å². The van der Waals surface area contributed by atoms with Crippen LogP contribution in [-0.2, 0) is 5.66 Å². The molecular formula is C18H19N3O2. The van der Waals surface area contributed by atoms with Gasteiger partial charge in [-0.15, -0.1) is 0 Å². The van der Waals surface area contributed by atoms with Gasteiger partial charge in [0.1, 0.15) is 18.9 Å². The summed E-state index contributed by atoms with van der Waals surface area (Å²) in [7, 11) is 0. The monoisotopic (exact) mass is 309 g/mol. The molecule has 23 heavy (non-hydrogen) atoms. The predicted molar refractivity (Wildman–Crippen MR) is 90.2 cm³/mol. The van der Waals surface area contributed by atoms with Gasteiger partial charge in [-0.25, -0.2) is 0 Å². The van der Waals surface area contributed by atoms with Gasteiger partial charge in [0.05, 0.1) is 0 Å². The van der Waals surface area contributed by atoms with E-state index in [0.29, 0.717) is 13.2 Å². The number of rotatable bonds is 1. The Hall–Kier alpha value is -2.66. The van der Waals surface area contributed by atoms with Gasteiger partial charge in [-0.1, -0.05) is 18.2 Å². The standard InChI is InChI=1S/C18H19N3O2/c1-11-2-4-14-13(17(11)19)6-7-21-18(14,20)12-3-5-15-16(10-12)23-9-8-22-15/h2-7,10,21H,8-9,19-20H2,1H3. The lowest BCUT2D eigenvalue weighted by atomic mass is 9.85. The van der Waals surface area contributed by atoms with Gasteiger partial charge >= 0.3 is 0 Å². The zero-order chi connectivity index (χ0) is 16.0. The molecule has 0 amide bonds. The summed E-state index contributed by atoms with van der Waals surface area (Å²) in [4.78, 5) is 0. The summed E-state index contributed by atoms with van der Waals surface area (Å²) in [6.07, 6.45) is 3.80. The maximum absolute atomic E-state index is 6.73. The molecule has 0 bridgehead atoms. The highest BCUT2D eigenvalue weighted by Crippen LogP contribution is 2.39. The minimum Gasteiger partial charge on any atom is -0.486 e. The Morgan fingerprint density at radius 1 is 1.09 bits per heavy atom. The van der Waals surface area contributed by atoms with Crippen molar-refractivity contribution >= 4 is 11.8 Å². The quantitative estimate of drug-likeness (QED) is 0.703. The van der Waals surface area contributed by atoms with E-state index in [-0.39, 0.29) is 0 Å². The van der Waals surface area contributed by atoms with Crippen LogP contribution in [0.15, 0.2) is 36.5 Å². The van der Waals surface area contributed by atoms with E-state index in [1.165, 1.54) is 0 Å². The van der Waals surface area contributed by atoms with Crippen molar-refractivity contribution in [3.05, 3.63) is 58.8 Å². The van der Waals surface area contributed by atoms with Gasteiger partial charge in [0, 0.05) is 22.4 Å². The third-order valence-corrected chi connectivity index (χ3v) is 4.49. The zero-order valence-electron chi connectivity index (χ0n) is 12.9. The van der Waals surface area contributed by atoms with Crippen molar-refractivity contribution in [2.24, 2.45) is 5.73 Å². The zero-order valence-corrected chi connectivity index (χ0v) is 12.9. The van der Waals surface area contributed by atoms with Crippen molar-refractivity contribution in [3.63, 3.8) is 0 Å². The molecule has 2 heterocycles. The molecule has 0 saturated carbocycles. The Balaban J connectivity index is 1.86. The van der Waals surface area contributed by atoms with Crippen molar-refractivity contribution in [1.29, 1.82) is 0 Å². The Morgan fingerprint density at radius 3 is 2.70 bits per heavy atom. The van der Waals surface area contributed by atoms with Gasteiger partial charge in [-0.3, -0.25) is 0 Å². The van der Waals surface area contributed by atoms with Crippen LogP contribution in [0.5, 0.6) is 11.5 Å². The van der Waals surface area contributed by atoms with Crippen LogP contribution >= 0.6 is 0 Å². The van der Waals surface area contributed by atoms with Crippen LogP contribution in [0, 0.1) is 6.92 Å². The Bertz CT molecular complexity index is 816. The van der Waals surface area contributed by atoms with Gasteiger partial charge < -0.3 is 26.3 Å². The molecule has 2 aromatic rings. The molecule has 0 aliphatic carbocycles. The predicted octanol–water partition coefficient (Wildman–Crippen LogP) is 2.08. The maximum Gasteiger partial charge on any atom is 0.161 e. The summed E-state index contributed by atoms with van der Waals surface area (Å²) in [5.74, 6) is 1.47. The van der Waals surface area contributed by atoms with E-state index < -0.39 is 5.66 Å². The first kappa shape index (κ1) is 14.0. The van der Waals surface area contributed by atoms with Crippen molar-refractivity contribution in [1.82, 2.24) is 5.32 Å². The second-order valence-electron chi connectivity index (χ2n) is 5.90. The van der Waals surface area contributed by atoms with Crippen LogP contribution < -0.4 is 26.3 Å². The highest BCUT2D eigenvalue weighted by atomic mass is 16.6. The maximum atomic E-state index is 6.73. The molecule has 5 N–H and O–H groups in total. The van der Waals surface area contributed by atoms with Crippen LogP contribution in [0.3, 0.4) is 0 Å². The molecule has 1 atom stereocenters. The van der Waals surface area contributed by atoms with Crippen molar-refractivity contribution in [2.45, 2.75) is 12.6 Å². The first-order valence-electron chi connectivity index (χ1n) is 7.62. The molecule has 2 aromatic carbocycles. The number of hydrogen-bond donors (Lipinski definition) is 3. The van der Waals surface area contributed by atoms with E-state index in [0.717, 1.165) is 39.4 Å². The summed E-state index contributed by atoms with van der Waals surface area (Å²) in [6.45, 7) is 3.11. The van der Waals surface area contributed by atoms with Crippen molar-refractivity contribution in [3.8, 4) is 11.5 Å². The molecule has 0 aromatic heterocycles. The molecule has 5 nitrogen and oxygen atoms in total. The summed E-state index contributed by atoms with van der Waals surface area (Å²) in [5.41, 5.74) is 16.7. The van der Waals surface area contributed by atoms with E-state index in [4.69, 9.17) is 20.9 Å². The van der Waals surface area contributed by atoms with Gasteiger partial charge in [0.2, 0.25) is 0 Å². The number of benzene rings is 2. The number of nitrogen functional groups attached to an aromatic ring is 1. The molecule has 0 spiro atoms. The van der Waals surface area contributed by atoms with Crippen molar-refractivity contribution in [2.75, 3.05) is 18.9 Å². The smallest absolute Gasteiger partial charge is 0.161 e. The normalized spacial score (nSPS) is 21.5. The summed E-state index contributed by atoms with van der Waals surface area (Å²) in [6, 6.07) is 9.80. The van der Waals surface area contributed by atoms with E-state index in [9.17, 15) is 0 Å². The largest absolute Gasteiger partial charge is 0.486 e. The molecule has 2 aliphatic rings. The molecular weight excluding hydrogens is 290 g/mol. The van der Waals surface area contributed by atoms with Crippen molar-refractivity contribution < 1.29 is 9.47 Å². The molecule has 1 unspecified atom stereocenters. The summed E-state index contributed by atoms with van der Waals surface area (Å²) < 4.78 is 11.3. The fraction of sp³-hybridized carbons (Fsp3) is 0.222. The number of anilines is 1. The molecule has 0 saturated heterocycles. The number of hydrogen-bond acceptors (Lipinski definition) is 5. The van der Waals surface area contributed by atoms with Gasteiger partial charge in [-0.2, -0.15) is 0 Å². The van der Waals surface area contributed by atoms with Gasteiger partial charge in [0.25, 0.3) is 0 Å². The minimum atomic E-state index is -0.859. The second-order valence-corrected chi connectivity index (χ2v) is 5.90. The highest BCUT2D eigenvalue weighted by Gasteiger charge is 2.34. The van der Waals surface area contributed by atoms with Crippen LogP contribution in [0.4, 0.5) is 5.69 Å². The molecule has 118 valence electrons. The third kappa shape index (κ3) is 2.04. The average Bonchev–Trinajstić information content (AvgIpc) is 2.58. The topological polar surface area (TPSA) is 82.5 Å². The Morgan fingerprint density at radius 2 is 1.87 bits per heavy atom. The van der Waals surface area contributed by atoms with Crippen LogP contribution in [0.2, 0.25) is 0 Å². The summed E-state index contributed by atoms with van der Waals surface area (Å²) >= 11 is 0. The molecule has 0 radical (unpaired) electrons. The lowest BCUT2D eigenvalue weighted by molar-refractivity contribution is 0.171. The number of fused-ring (bicyclic) bond motifs is 2. The fourth-order valence-electron chi connectivity index (χ4n) is 3.13. The number of aryl methyl sites for hydroxylation is 1. The van der Waals surface area contributed by atoms with E-state index >= 15 is 0 Å². The van der Waals surface area contributed by atoms with Crippen LogP contribution in [0.25, 0.3) is 6.08 Å². The first-order chi connectivity index (χ1) is 11.1.